The lowest BCUT2D eigenvalue weighted by atomic mass is 9.52. The van der Waals surface area contributed by atoms with E-state index in [1.165, 1.54) is 10.9 Å². The number of hydrogen-bond acceptors (Lipinski definition) is 6. The van der Waals surface area contributed by atoms with Crippen LogP contribution in [0.25, 0.3) is 6.20 Å². The molecule has 2 unspecified atom stereocenters. The van der Waals surface area contributed by atoms with Crippen LogP contribution < -0.4 is 15.8 Å². The smallest absolute Gasteiger partial charge is 0.405 e. The van der Waals surface area contributed by atoms with Gasteiger partial charge in [-0.1, -0.05) is 13.8 Å². The highest BCUT2D eigenvalue weighted by Gasteiger charge is 2.57. The molecule has 2 atom stereocenters. The lowest BCUT2D eigenvalue weighted by molar-refractivity contribution is -0.137. The van der Waals surface area contributed by atoms with Crippen molar-refractivity contribution in [1.82, 2.24) is 15.1 Å². The number of hydrogen-bond donors (Lipinski definition) is 2. The summed E-state index contributed by atoms with van der Waals surface area (Å²) in [6, 6.07) is 2.24. The minimum Gasteiger partial charge on any atom is -0.477 e. The number of ether oxygens (including phenoxy) is 2. The molecule has 2 amide bonds. The van der Waals surface area contributed by atoms with Crippen LogP contribution in [0.15, 0.2) is 12.3 Å². The molecule has 3 N–H and O–H groups in total. The van der Waals surface area contributed by atoms with Crippen LogP contribution in [0.2, 0.25) is 0 Å². The van der Waals surface area contributed by atoms with Crippen molar-refractivity contribution in [3.8, 4) is 11.9 Å². The van der Waals surface area contributed by atoms with Crippen LogP contribution in [0.3, 0.4) is 0 Å². The van der Waals surface area contributed by atoms with Crippen LogP contribution in [-0.2, 0) is 4.74 Å². The molecule has 4 saturated carbocycles. The Labute approximate surface area is 200 Å². The monoisotopic (exact) mass is 469 g/mol. The number of allylic oxidation sites excluding steroid dienone is 1. The lowest BCUT2D eigenvalue weighted by Gasteiger charge is -2.58. The predicted octanol–water partition coefficient (Wildman–Crippen LogP) is 3.71. The second kappa shape index (κ2) is 8.97. The average Bonchev–Trinajstić information content (AvgIpc) is 3.15. The summed E-state index contributed by atoms with van der Waals surface area (Å²) in [6.45, 7) is 8.11. The molecule has 4 fully saturated rings. The molecule has 184 valence electrons. The van der Waals surface area contributed by atoms with Gasteiger partial charge < -0.3 is 20.5 Å². The van der Waals surface area contributed by atoms with Crippen molar-refractivity contribution in [2.24, 2.45) is 34.8 Å². The van der Waals surface area contributed by atoms with Gasteiger partial charge in [0, 0.05) is 12.2 Å². The molecule has 0 spiro atoms. The van der Waals surface area contributed by atoms with Crippen molar-refractivity contribution in [2.75, 3.05) is 6.61 Å². The SMILES string of the molecule is CC(C)COc1c(C(=O)NC2C3CC4CC2CC(OC(N)=O)(C4)C3)cnn1C=CC(C)(C)C#N. The number of nitrogens with zero attached hydrogens (tertiary/aromatic N) is 3. The Balaban J connectivity index is 1.53. The van der Waals surface area contributed by atoms with Crippen molar-refractivity contribution in [3.63, 3.8) is 0 Å². The number of carbonyl (C=O) groups is 2. The average molecular weight is 470 g/mol. The molecule has 4 bridgehead atoms. The summed E-state index contributed by atoms with van der Waals surface area (Å²) in [5, 5.41) is 16.9. The lowest BCUT2D eigenvalue weighted by Crippen LogP contribution is -2.63. The maximum Gasteiger partial charge on any atom is 0.405 e. The zero-order valence-corrected chi connectivity index (χ0v) is 20.4. The van der Waals surface area contributed by atoms with Crippen molar-refractivity contribution in [3.05, 3.63) is 17.8 Å². The minimum atomic E-state index is -0.713. The van der Waals surface area contributed by atoms with E-state index in [2.05, 4.69) is 16.5 Å². The summed E-state index contributed by atoms with van der Waals surface area (Å²) in [4.78, 5) is 24.9. The number of nitriles is 1. The van der Waals surface area contributed by atoms with Gasteiger partial charge in [-0.2, -0.15) is 10.4 Å². The molecule has 0 aliphatic heterocycles. The quantitative estimate of drug-likeness (QED) is 0.596. The highest BCUT2D eigenvalue weighted by atomic mass is 16.6. The highest BCUT2D eigenvalue weighted by Crippen LogP contribution is 2.57. The molecule has 34 heavy (non-hydrogen) atoms. The number of nitrogens with one attached hydrogen (secondary N) is 1. The molecule has 1 aromatic heterocycles. The van der Waals surface area contributed by atoms with Gasteiger partial charge in [0.15, 0.2) is 0 Å². The molecule has 1 heterocycles. The first-order valence-electron chi connectivity index (χ1n) is 12.1. The first kappa shape index (κ1) is 24.1. The van der Waals surface area contributed by atoms with Gasteiger partial charge in [-0.15, -0.1) is 0 Å². The molecule has 0 saturated heterocycles. The van der Waals surface area contributed by atoms with E-state index in [1.807, 2.05) is 13.8 Å². The first-order valence-corrected chi connectivity index (χ1v) is 12.1. The van der Waals surface area contributed by atoms with Gasteiger partial charge in [0.2, 0.25) is 5.88 Å². The fourth-order valence-electron chi connectivity index (χ4n) is 6.05. The Bertz CT molecular complexity index is 1000. The summed E-state index contributed by atoms with van der Waals surface area (Å²) in [7, 11) is 0. The first-order chi connectivity index (χ1) is 16.0. The van der Waals surface area contributed by atoms with Gasteiger partial charge in [-0.3, -0.25) is 4.79 Å². The molecule has 9 nitrogen and oxygen atoms in total. The van der Waals surface area contributed by atoms with E-state index >= 15 is 0 Å². The molecular formula is C25H35N5O4. The van der Waals surface area contributed by atoms with Crippen LogP contribution in [0.1, 0.15) is 70.2 Å². The van der Waals surface area contributed by atoms with E-state index in [0.29, 0.717) is 24.0 Å². The Morgan fingerprint density at radius 1 is 1.35 bits per heavy atom. The van der Waals surface area contributed by atoms with Crippen molar-refractivity contribution in [2.45, 2.75) is 71.4 Å². The van der Waals surface area contributed by atoms with Gasteiger partial charge in [-0.05, 0) is 75.7 Å². The summed E-state index contributed by atoms with van der Waals surface area (Å²) < 4.78 is 13.1. The Morgan fingerprint density at radius 2 is 2.03 bits per heavy atom. The van der Waals surface area contributed by atoms with E-state index in [0.717, 1.165) is 32.1 Å². The molecule has 1 aromatic rings. The fraction of sp³-hybridized carbons (Fsp3) is 0.680. The molecule has 9 heteroatoms. The van der Waals surface area contributed by atoms with Crippen LogP contribution in [0, 0.1) is 40.4 Å². The van der Waals surface area contributed by atoms with E-state index < -0.39 is 17.1 Å². The number of primary amides is 1. The largest absolute Gasteiger partial charge is 0.477 e. The van der Waals surface area contributed by atoms with E-state index in [-0.39, 0.29) is 29.7 Å². The normalized spacial score (nSPS) is 29.9. The number of carbonyl (C=O) groups excluding carboxylic acids is 2. The van der Waals surface area contributed by atoms with Crippen LogP contribution >= 0.6 is 0 Å². The van der Waals surface area contributed by atoms with E-state index in [9.17, 15) is 14.9 Å². The van der Waals surface area contributed by atoms with Gasteiger partial charge in [0.25, 0.3) is 5.91 Å². The van der Waals surface area contributed by atoms with Gasteiger partial charge in [0.05, 0.1) is 24.3 Å². The second-order valence-corrected chi connectivity index (χ2v) is 11.2. The maximum atomic E-state index is 13.4. The summed E-state index contributed by atoms with van der Waals surface area (Å²) in [5.41, 5.74) is 4.58. The zero-order valence-electron chi connectivity index (χ0n) is 20.4. The zero-order chi connectivity index (χ0) is 24.7. The minimum absolute atomic E-state index is 0.0167. The molecule has 0 aromatic carbocycles. The van der Waals surface area contributed by atoms with Crippen molar-refractivity contribution < 1.29 is 19.1 Å². The Hall–Kier alpha value is -3.02. The summed E-state index contributed by atoms with van der Waals surface area (Å²) in [6.07, 6.45) is 8.59. The third kappa shape index (κ3) is 4.91. The van der Waals surface area contributed by atoms with E-state index in [1.54, 1.807) is 26.1 Å². The maximum absolute atomic E-state index is 13.4. The van der Waals surface area contributed by atoms with E-state index in [4.69, 9.17) is 15.2 Å². The number of aromatic nitrogens is 2. The number of amides is 2. The summed E-state index contributed by atoms with van der Waals surface area (Å²) in [5.74, 6) is 1.42. The van der Waals surface area contributed by atoms with Crippen LogP contribution in [0.5, 0.6) is 5.88 Å². The molecule has 5 rings (SSSR count). The van der Waals surface area contributed by atoms with Crippen molar-refractivity contribution in [1.29, 1.82) is 5.26 Å². The van der Waals surface area contributed by atoms with Gasteiger partial charge in [0.1, 0.15) is 11.2 Å². The predicted molar refractivity (Wildman–Crippen MR) is 125 cm³/mol. The highest BCUT2D eigenvalue weighted by molar-refractivity contribution is 5.96. The summed E-state index contributed by atoms with van der Waals surface area (Å²) >= 11 is 0. The topological polar surface area (TPSA) is 132 Å². The third-order valence-corrected chi connectivity index (χ3v) is 7.30. The number of nitrogens with two attached hydrogens (primary N) is 1. The molecule has 4 aliphatic carbocycles. The van der Waals surface area contributed by atoms with Gasteiger partial charge >= 0.3 is 6.09 Å². The Kier molecular flexibility index (Phi) is 6.36. The third-order valence-electron chi connectivity index (χ3n) is 7.30. The molecule has 4 aliphatic rings. The van der Waals surface area contributed by atoms with Crippen molar-refractivity contribution >= 4 is 18.2 Å². The molecular weight excluding hydrogens is 434 g/mol. The fourth-order valence-corrected chi connectivity index (χ4v) is 6.05. The van der Waals surface area contributed by atoms with Crippen LogP contribution in [-0.4, -0.2) is 40.0 Å². The molecule has 0 radical (unpaired) electrons. The van der Waals surface area contributed by atoms with Crippen LogP contribution in [0.4, 0.5) is 4.79 Å². The standard InChI is InChI=1S/C25H35N5O4/c1-15(2)13-33-22-19(12-28-30(22)6-5-24(3,4)14-26)21(31)29-20-17-7-16-8-18(20)11-25(9-16,10-17)34-23(27)32/h5-6,12,15-18,20H,7-11,13H2,1-4H3,(H2,27,32)(H,29,31). The second-order valence-electron chi connectivity index (χ2n) is 11.2. The number of rotatable bonds is 8. The Morgan fingerprint density at radius 3 is 2.62 bits per heavy atom. The van der Waals surface area contributed by atoms with Gasteiger partial charge in [-0.25, -0.2) is 9.48 Å².